The number of carbonyl (C=O) groups is 1. The molecule has 1 fully saturated rings. The van der Waals surface area contributed by atoms with E-state index in [0.717, 1.165) is 36.9 Å². The Morgan fingerprint density at radius 1 is 0.962 bits per heavy atom. The maximum atomic E-state index is 13.0. The van der Waals surface area contributed by atoms with Gasteiger partial charge >= 0.3 is 0 Å². The van der Waals surface area contributed by atoms with Gasteiger partial charge in [0.1, 0.15) is 0 Å². The number of pyridine rings is 2. The highest BCUT2D eigenvalue weighted by molar-refractivity contribution is 5.94. The monoisotopic (exact) mass is 345 g/mol. The number of carbonyl (C=O) groups excluding carboxylic acids is 1. The third kappa shape index (κ3) is 3.31. The van der Waals surface area contributed by atoms with Crippen molar-refractivity contribution in [2.45, 2.75) is 25.3 Å². The Morgan fingerprint density at radius 2 is 1.73 bits per heavy atom. The molecule has 3 aromatic heterocycles. The molecule has 1 amide bonds. The third-order valence-corrected chi connectivity index (χ3v) is 4.65. The number of amides is 1. The van der Waals surface area contributed by atoms with E-state index in [9.17, 15) is 4.79 Å². The van der Waals surface area contributed by atoms with Crippen LogP contribution in [-0.4, -0.2) is 37.3 Å². The van der Waals surface area contributed by atoms with Crippen molar-refractivity contribution in [1.29, 1.82) is 0 Å². The number of nitrogens with zero attached hydrogens (tertiary/aromatic N) is 5. The zero-order valence-electron chi connectivity index (χ0n) is 14.3. The largest absolute Gasteiger partial charge is 0.331 e. The third-order valence-electron chi connectivity index (χ3n) is 4.65. The zero-order valence-corrected chi connectivity index (χ0v) is 14.3. The Labute approximate surface area is 152 Å². The maximum absolute atomic E-state index is 13.0. The van der Waals surface area contributed by atoms with Gasteiger partial charge in [0.15, 0.2) is 5.82 Å². The first-order valence-corrected chi connectivity index (χ1v) is 8.76. The highest BCUT2D eigenvalue weighted by Gasteiger charge is 2.29. The summed E-state index contributed by atoms with van der Waals surface area (Å²) < 4.78 is 0. The van der Waals surface area contributed by atoms with Crippen LogP contribution in [0.15, 0.2) is 61.4 Å². The molecule has 0 bridgehead atoms. The molecule has 1 unspecified atom stereocenters. The van der Waals surface area contributed by atoms with Gasteiger partial charge in [-0.05, 0) is 43.0 Å². The van der Waals surface area contributed by atoms with Gasteiger partial charge in [-0.3, -0.25) is 14.8 Å². The number of aromatic nitrogens is 4. The standard InChI is InChI=1S/C20H19N5O/c26-20(17-13-23-19(24-14-17)16-6-4-9-22-12-16)25-10-2-1-7-18(25)15-5-3-8-21-11-15/h3-6,8-9,11-14,18H,1-2,7,10H2. The van der Waals surface area contributed by atoms with E-state index < -0.39 is 0 Å². The lowest BCUT2D eigenvalue weighted by atomic mass is 9.96. The first-order valence-electron chi connectivity index (χ1n) is 8.76. The van der Waals surface area contributed by atoms with Crippen LogP contribution < -0.4 is 0 Å². The van der Waals surface area contributed by atoms with E-state index in [1.807, 2.05) is 35.4 Å². The molecule has 26 heavy (non-hydrogen) atoms. The van der Waals surface area contributed by atoms with E-state index >= 15 is 0 Å². The van der Waals surface area contributed by atoms with E-state index in [0.29, 0.717) is 11.4 Å². The molecule has 1 atom stereocenters. The van der Waals surface area contributed by atoms with Gasteiger partial charge < -0.3 is 4.90 Å². The lowest BCUT2D eigenvalue weighted by molar-refractivity contribution is 0.0610. The molecule has 6 heteroatoms. The SMILES string of the molecule is O=C(c1cnc(-c2cccnc2)nc1)N1CCCCC1c1cccnc1. The van der Waals surface area contributed by atoms with Crippen molar-refractivity contribution in [1.82, 2.24) is 24.8 Å². The van der Waals surface area contributed by atoms with E-state index in [1.54, 1.807) is 31.0 Å². The highest BCUT2D eigenvalue weighted by Crippen LogP contribution is 2.31. The van der Waals surface area contributed by atoms with Crippen LogP contribution in [0.5, 0.6) is 0 Å². The van der Waals surface area contributed by atoms with Crippen molar-refractivity contribution in [2.75, 3.05) is 6.54 Å². The summed E-state index contributed by atoms with van der Waals surface area (Å²) in [7, 11) is 0. The summed E-state index contributed by atoms with van der Waals surface area (Å²) in [6.45, 7) is 0.739. The van der Waals surface area contributed by atoms with Gasteiger partial charge in [0, 0.05) is 49.3 Å². The topological polar surface area (TPSA) is 71.9 Å². The first kappa shape index (κ1) is 16.3. The molecular weight excluding hydrogens is 326 g/mol. The molecule has 0 N–H and O–H groups in total. The van der Waals surface area contributed by atoms with Crippen molar-refractivity contribution >= 4 is 5.91 Å². The summed E-state index contributed by atoms with van der Waals surface area (Å²) in [5.41, 5.74) is 2.42. The molecule has 0 spiro atoms. The minimum Gasteiger partial charge on any atom is -0.331 e. The smallest absolute Gasteiger partial charge is 0.257 e. The number of rotatable bonds is 3. The Balaban J connectivity index is 1.58. The molecule has 1 saturated heterocycles. The van der Waals surface area contributed by atoms with Crippen LogP contribution in [0.3, 0.4) is 0 Å². The van der Waals surface area contributed by atoms with Crippen LogP contribution in [-0.2, 0) is 0 Å². The van der Waals surface area contributed by atoms with Gasteiger partial charge in [0.05, 0.1) is 11.6 Å². The lowest BCUT2D eigenvalue weighted by Crippen LogP contribution is -2.38. The maximum Gasteiger partial charge on any atom is 0.257 e. The molecular formula is C20H19N5O. The molecule has 0 aromatic carbocycles. The van der Waals surface area contributed by atoms with Crippen molar-refractivity contribution in [3.05, 3.63) is 72.6 Å². The molecule has 0 radical (unpaired) electrons. The lowest BCUT2D eigenvalue weighted by Gasteiger charge is -2.35. The van der Waals surface area contributed by atoms with E-state index in [-0.39, 0.29) is 11.9 Å². The van der Waals surface area contributed by atoms with Crippen LogP contribution >= 0.6 is 0 Å². The van der Waals surface area contributed by atoms with Crippen LogP contribution in [0.25, 0.3) is 11.4 Å². The van der Waals surface area contributed by atoms with Crippen LogP contribution in [0.4, 0.5) is 0 Å². The van der Waals surface area contributed by atoms with Crippen LogP contribution in [0, 0.1) is 0 Å². The van der Waals surface area contributed by atoms with Gasteiger partial charge in [-0.2, -0.15) is 0 Å². The Bertz CT molecular complexity index is 868. The fraction of sp³-hybridized carbons (Fsp3) is 0.250. The molecule has 0 saturated carbocycles. The normalized spacial score (nSPS) is 17.1. The summed E-state index contributed by atoms with van der Waals surface area (Å²) in [5, 5.41) is 0. The second kappa shape index (κ2) is 7.39. The average molecular weight is 345 g/mol. The quantitative estimate of drug-likeness (QED) is 0.728. The summed E-state index contributed by atoms with van der Waals surface area (Å²) >= 11 is 0. The number of hydrogen-bond donors (Lipinski definition) is 0. The minimum atomic E-state index is -0.0312. The molecule has 130 valence electrons. The second-order valence-corrected chi connectivity index (χ2v) is 6.33. The summed E-state index contributed by atoms with van der Waals surface area (Å²) in [6.07, 6.45) is 13.3. The highest BCUT2D eigenvalue weighted by atomic mass is 16.2. The van der Waals surface area contributed by atoms with Crippen molar-refractivity contribution in [3.8, 4) is 11.4 Å². The molecule has 3 aromatic rings. The van der Waals surface area contributed by atoms with E-state index in [4.69, 9.17) is 0 Å². The van der Waals surface area contributed by atoms with Gasteiger partial charge in [-0.25, -0.2) is 9.97 Å². The van der Waals surface area contributed by atoms with Crippen LogP contribution in [0.1, 0.15) is 41.2 Å². The van der Waals surface area contributed by atoms with Gasteiger partial charge in [0.25, 0.3) is 5.91 Å². The summed E-state index contributed by atoms with van der Waals surface area (Å²) in [6, 6.07) is 7.74. The van der Waals surface area contributed by atoms with Crippen molar-refractivity contribution in [3.63, 3.8) is 0 Å². The van der Waals surface area contributed by atoms with Crippen molar-refractivity contribution < 1.29 is 4.79 Å². The molecule has 4 rings (SSSR count). The fourth-order valence-electron chi connectivity index (χ4n) is 3.34. The molecule has 4 heterocycles. The summed E-state index contributed by atoms with van der Waals surface area (Å²) in [5.74, 6) is 0.536. The van der Waals surface area contributed by atoms with Gasteiger partial charge in [0.2, 0.25) is 0 Å². The molecule has 1 aliphatic heterocycles. The summed E-state index contributed by atoms with van der Waals surface area (Å²) in [4.78, 5) is 31.9. The fourth-order valence-corrected chi connectivity index (χ4v) is 3.34. The average Bonchev–Trinajstić information content (AvgIpc) is 2.75. The Kier molecular flexibility index (Phi) is 4.64. The predicted octanol–water partition coefficient (Wildman–Crippen LogP) is 3.30. The Morgan fingerprint density at radius 3 is 2.42 bits per heavy atom. The first-order chi connectivity index (χ1) is 12.8. The van der Waals surface area contributed by atoms with Crippen LogP contribution in [0.2, 0.25) is 0 Å². The Hall–Kier alpha value is -3.15. The zero-order chi connectivity index (χ0) is 17.8. The molecule has 0 aliphatic carbocycles. The van der Waals surface area contributed by atoms with Gasteiger partial charge in [-0.1, -0.05) is 6.07 Å². The minimum absolute atomic E-state index is 0.0312. The number of likely N-dealkylation sites (tertiary alicyclic amines) is 1. The van der Waals surface area contributed by atoms with Crippen molar-refractivity contribution in [2.24, 2.45) is 0 Å². The number of piperidine rings is 1. The van der Waals surface area contributed by atoms with Gasteiger partial charge in [-0.15, -0.1) is 0 Å². The number of hydrogen-bond acceptors (Lipinski definition) is 5. The van der Waals surface area contributed by atoms with E-state index in [1.165, 1.54) is 0 Å². The van der Waals surface area contributed by atoms with E-state index in [2.05, 4.69) is 19.9 Å². The second-order valence-electron chi connectivity index (χ2n) is 6.33. The molecule has 6 nitrogen and oxygen atoms in total. The molecule has 1 aliphatic rings. The predicted molar refractivity (Wildman–Crippen MR) is 97.1 cm³/mol.